The van der Waals surface area contributed by atoms with Crippen molar-refractivity contribution in [2.45, 2.75) is 26.7 Å². The molecule has 36 heavy (non-hydrogen) atoms. The van der Waals surface area contributed by atoms with Crippen LogP contribution >= 0.6 is 11.6 Å². The number of halogens is 2. The van der Waals surface area contributed by atoms with Gasteiger partial charge in [-0.1, -0.05) is 31.0 Å². The summed E-state index contributed by atoms with van der Waals surface area (Å²) in [5, 5.41) is 9.53. The van der Waals surface area contributed by atoms with E-state index >= 15 is 0 Å². The van der Waals surface area contributed by atoms with Crippen LogP contribution in [0.3, 0.4) is 0 Å². The average molecular weight is 534 g/mol. The van der Waals surface area contributed by atoms with Crippen LogP contribution in [0.15, 0.2) is 42.5 Å². The summed E-state index contributed by atoms with van der Waals surface area (Å²) in [5.41, 5.74) is 1.97. The van der Waals surface area contributed by atoms with Crippen LogP contribution in [0.1, 0.15) is 35.7 Å². The van der Waals surface area contributed by atoms with Gasteiger partial charge >= 0.3 is 23.6 Å². The number of aromatic nitrogens is 3. The highest BCUT2D eigenvalue weighted by Crippen LogP contribution is 2.33. The van der Waals surface area contributed by atoms with Gasteiger partial charge in [0.25, 0.3) is 0 Å². The summed E-state index contributed by atoms with van der Waals surface area (Å²) in [5.74, 6) is -0.820. The molecule has 12 heteroatoms. The fraction of sp³-hybridized carbons (Fsp3) is 0.208. The topological polar surface area (TPSA) is 131 Å². The van der Waals surface area contributed by atoms with Gasteiger partial charge in [-0.15, -0.1) is 0 Å². The maximum Gasteiger partial charge on any atom is 0.336 e. The summed E-state index contributed by atoms with van der Waals surface area (Å²) < 4.78 is 42.6. The van der Waals surface area contributed by atoms with Gasteiger partial charge in [0.2, 0.25) is 0 Å². The van der Waals surface area contributed by atoms with Crippen molar-refractivity contribution in [2.75, 3.05) is 6.61 Å². The van der Waals surface area contributed by atoms with Gasteiger partial charge in [-0.05, 0) is 49.2 Å². The van der Waals surface area contributed by atoms with E-state index in [0.29, 0.717) is 29.2 Å². The molecule has 0 saturated heterocycles. The number of H-pyrrole nitrogens is 1. The first-order valence-electron chi connectivity index (χ1n) is 10.7. The molecule has 188 valence electrons. The van der Waals surface area contributed by atoms with Crippen molar-refractivity contribution >= 4 is 40.3 Å². The molecule has 0 unspecified atom stereocenters. The summed E-state index contributed by atoms with van der Waals surface area (Å²) in [7, 11) is 0. The molecule has 4 rings (SSSR count). The number of hydrogen-bond donors (Lipinski definition) is 2. The first kappa shape index (κ1) is 26.8. The van der Waals surface area contributed by atoms with Gasteiger partial charge < -0.3 is 19.6 Å². The van der Waals surface area contributed by atoms with Crippen LogP contribution < -0.4 is 9.47 Å². The molecule has 0 spiro atoms. The number of aryl methyl sites for hydroxylation is 1. The zero-order valence-electron chi connectivity index (χ0n) is 19.2. The third-order valence-electron chi connectivity index (χ3n) is 5.02. The molecule has 0 fully saturated rings. The number of carboxylic acids is 1. The Morgan fingerprint density at radius 3 is 2.53 bits per heavy atom. The predicted octanol–water partition coefficient (Wildman–Crippen LogP) is 5.73. The Balaban J connectivity index is 0.00000115. The Labute approximate surface area is 213 Å². The zero-order valence-corrected chi connectivity index (χ0v) is 20.8. The SMILES string of the molecule is CCCCOc1ccc(-c2nc3nc(Oc4ccc(C)c(C(=O)O)c4)[nH]c3cc2Cl)c(F)c1.O=S=O. The van der Waals surface area contributed by atoms with E-state index in [1.165, 1.54) is 12.1 Å². The fourth-order valence-corrected chi connectivity index (χ4v) is 3.50. The van der Waals surface area contributed by atoms with E-state index in [4.69, 9.17) is 29.5 Å². The van der Waals surface area contributed by atoms with E-state index in [1.807, 2.05) is 0 Å². The number of hydrogen-bond acceptors (Lipinski definition) is 7. The van der Waals surface area contributed by atoms with Crippen LogP contribution in [0, 0.1) is 12.7 Å². The van der Waals surface area contributed by atoms with E-state index in [2.05, 4.69) is 21.9 Å². The lowest BCUT2D eigenvalue weighted by molar-refractivity contribution is 0.0695. The van der Waals surface area contributed by atoms with Gasteiger partial charge in [0.15, 0.2) is 5.65 Å². The number of fused-ring (bicyclic) bond motifs is 1. The van der Waals surface area contributed by atoms with E-state index < -0.39 is 23.4 Å². The molecule has 4 aromatic rings. The molecule has 0 atom stereocenters. The lowest BCUT2D eigenvalue weighted by atomic mass is 10.1. The standard InChI is InChI=1S/C24H21ClFN3O4.O2S/c1-3-4-9-32-14-7-8-16(19(26)11-14)21-18(25)12-20-22(28-21)29-24(27-20)33-15-6-5-13(2)17(10-15)23(30)31;1-3-2/h5-8,10-12H,3-4,9H2,1-2H3,(H,30,31)(H,27,28,29);. The van der Waals surface area contributed by atoms with Crippen LogP contribution in [0.4, 0.5) is 4.39 Å². The predicted molar refractivity (Wildman–Crippen MR) is 132 cm³/mol. The number of benzene rings is 2. The van der Waals surface area contributed by atoms with Crippen molar-refractivity contribution in [1.82, 2.24) is 15.0 Å². The maximum absolute atomic E-state index is 14.8. The number of nitrogens with zero attached hydrogens (tertiary/aromatic N) is 2. The summed E-state index contributed by atoms with van der Waals surface area (Å²) >= 11 is 5.63. The number of ether oxygens (including phenoxy) is 2. The van der Waals surface area contributed by atoms with Crippen LogP contribution in [0.25, 0.3) is 22.4 Å². The van der Waals surface area contributed by atoms with Gasteiger partial charge in [0.05, 0.1) is 28.4 Å². The molecule has 0 amide bonds. The van der Waals surface area contributed by atoms with E-state index in [9.17, 15) is 14.3 Å². The van der Waals surface area contributed by atoms with Gasteiger partial charge in [-0.3, -0.25) is 0 Å². The van der Waals surface area contributed by atoms with Gasteiger partial charge in [0, 0.05) is 11.6 Å². The van der Waals surface area contributed by atoms with Gasteiger partial charge in [0.1, 0.15) is 17.3 Å². The smallest absolute Gasteiger partial charge is 0.336 e. The molecule has 9 nitrogen and oxygen atoms in total. The van der Waals surface area contributed by atoms with Crippen molar-refractivity contribution in [3.8, 4) is 28.8 Å². The first-order chi connectivity index (χ1) is 17.3. The van der Waals surface area contributed by atoms with E-state index in [0.717, 1.165) is 12.8 Å². The highest BCUT2D eigenvalue weighted by Gasteiger charge is 2.16. The number of imidazole rings is 1. The Morgan fingerprint density at radius 1 is 1.14 bits per heavy atom. The number of unbranched alkanes of at least 4 members (excludes halogenated alkanes) is 1. The highest BCUT2D eigenvalue weighted by atomic mass is 35.5. The van der Waals surface area contributed by atoms with Crippen molar-refractivity contribution in [2.24, 2.45) is 0 Å². The maximum atomic E-state index is 14.8. The number of aromatic amines is 1. The monoisotopic (exact) mass is 533 g/mol. The third-order valence-corrected chi connectivity index (χ3v) is 5.31. The summed E-state index contributed by atoms with van der Waals surface area (Å²) in [4.78, 5) is 23.0. The largest absolute Gasteiger partial charge is 0.493 e. The van der Waals surface area contributed by atoms with Crippen molar-refractivity contribution < 1.29 is 32.2 Å². The fourth-order valence-electron chi connectivity index (χ4n) is 3.25. The number of aromatic carboxylic acids is 1. The molecule has 0 aliphatic carbocycles. The molecule has 0 aliphatic rings. The second kappa shape index (κ2) is 12.2. The van der Waals surface area contributed by atoms with Crippen molar-refractivity contribution in [3.05, 3.63) is 64.4 Å². The first-order valence-corrected chi connectivity index (χ1v) is 11.7. The molecule has 0 radical (unpaired) electrons. The Bertz CT molecular complexity index is 1440. The minimum Gasteiger partial charge on any atom is -0.493 e. The number of carbonyl (C=O) groups is 1. The third kappa shape index (κ3) is 6.43. The van der Waals surface area contributed by atoms with Crippen LogP contribution in [0.5, 0.6) is 17.5 Å². The second-order valence-corrected chi connectivity index (χ2v) is 8.07. The van der Waals surface area contributed by atoms with Gasteiger partial charge in [-0.2, -0.15) is 13.4 Å². The van der Waals surface area contributed by atoms with Gasteiger partial charge in [-0.25, -0.2) is 14.2 Å². The molecule has 0 saturated carbocycles. The summed E-state index contributed by atoms with van der Waals surface area (Å²) in [6.45, 7) is 4.27. The summed E-state index contributed by atoms with van der Waals surface area (Å²) in [6.07, 6.45) is 1.87. The molecular weight excluding hydrogens is 513 g/mol. The minimum absolute atomic E-state index is 0.103. The lowest BCUT2D eigenvalue weighted by Crippen LogP contribution is -2.00. The van der Waals surface area contributed by atoms with Crippen LogP contribution in [0.2, 0.25) is 5.02 Å². The van der Waals surface area contributed by atoms with Crippen molar-refractivity contribution in [3.63, 3.8) is 0 Å². The molecular formula is C24H21ClFN3O6S. The lowest BCUT2D eigenvalue weighted by Gasteiger charge is -2.09. The van der Waals surface area contributed by atoms with Crippen molar-refractivity contribution in [1.29, 1.82) is 0 Å². The highest BCUT2D eigenvalue weighted by molar-refractivity contribution is 7.51. The number of carboxylic acid groups (broad SMARTS) is 1. The van der Waals surface area contributed by atoms with Crippen LogP contribution in [-0.2, 0) is 11.6 Å². The van der Waals surface area contributed by atoms with E-state index in [-0.39, 0.29) is 33.5 Å². The zero-order chi connectivity index (χ0) is 26.2. The van der Waals surface area contributed by atoms with Crippen LogP contribution in [-0.4, -0.2) is 41.1 Å². The average Bonchev–Trinajstić information content (AvgIpc) is 3.21. The van der Waals surface area contributed by atoms with E-state index in [1.54, 1.807) is 37.3 Å². The Hall–Kier alpha value is -3.83. The molecule has 2 aromatic heterocycles. The number of nitrogens with one attached hydrogen (secondary N) is 1. The number of pyridine rings is 1. The Kier molecular flexibility index (Phi) is 9.09. The molecule has 2 aromatic carbocycles. The second-order valence-electron chi connectivity index (χ2n) is 7.53. The molecule has 2 heterocycles. The quantitative estimate of drug-likeness (QED) is 0.275. The number of rotatable bonds is 8. The normalized spacial score (nSPS) is 10.4. The Morgan fingerprint density at radius 2 is 1.86 bits per heavy atom. The molecule has 2 N–H and O–H groups in total. The minimum atomic E-state index is -1.05. The molecule has 0 bridgehead atoms. The summed E-state index contributed by atoms with van der Waals surface area (Å²) in [6, 6.07) is 10.9. The molecule has 0 aliphatic heterocycles.